The minimum Gasteiger partial charge on any atom is -0.370 e. The van der Waals surface area contributed by atoms with Crippen LogP contribution in [0.2, 0.25) is 0 Å². The molecule has 3 N–H and O–H groups in total. The quantitative estimate of drug-likeness (QED) is 0.495. The molecule has 0 aliphatic carbocycles. The SMILES string of the molecule is CC(C)(C)NC(N)=NCCn1ccnc1.I. The number of nitrogens with zero attached hydrogens (tertiary/aromatic N) is 3. The van der Waals surface area contributed by atoms with E-state index in [-0.39, 0.29) is 29.5 Å². The highest BCUT2D eigenvalue weighted by Gasteiger charge is 2.09. The Morgan fingerprint density at radius 1 is 1.50 bits per heavy atom. The molecule has 0 bridgehead atoms. The number of guanidine groups is 1. The van der Waals surface area contributed by atoms with Crippen LogP contribution < -0.4 is 11.1 Å². The first-order valence-corrected chi connectivity index (χ1v) is 5.01. The van der Waals surface area contributed by atoms with E-state index in [1.807, 2.05) is 31.5 Å². The molecule has 1 heterocycles. The van der Waals surface area contributed by atoms with Gasteiger partial charge in [0.15, 0.2) is 5.96 Å². The largest absolute Gasteiger partial charge is 0.370 e. The summed E-state index contributed by atoms with van der Waals surface area (Å²) in [6.45, 7) is 7.60. The van der Waals surface area contributed by atoms with E-state index in [0.717, 1.165) is 6.54 Å². The Balaban J connectivity index is 0.00000225. The molecule has 1 aromatic heterocycles. The maximum atomic E-state index is 5.71. The lowest BCUT2D eigenvalue weighted by molar-refractivity contribution is 0.507. The molecule has 1 aromatic rings. The summed E-state index contributed by atoms with van der Waals surface area (Å²) < 4.78 is 1.97. The minimum atomic E-state index is -0.0391. The maximum absolute atomic E-state index is 5.71. The summed E-state index contributed by atoms with van der Waals surface area (Å²) in [6, 6.07) is 0. The molecule has 0 saturated carbocycles. The predicted octanol–water partition coefficient (Wildman–Crippen LogP) is 1.20. The summed E-state index contributed by atoms with van der Waals surface area (Å²) in [5.41, 5.74) is 5.67. The van der Waals surface area contributed by atoms with Gasteiger partial charge in [-0.15, -0.1) is 24.0 Å². The molecule has 16 heavy (non-hydrogen) atoms. The number of aliphatic imine (C=N–C) groups is 1. The number of rotatable bonds is 3. The summed E-state index contributed by atoms with van der Waals surface area (Å²) >= 11 is 0. The van der Waals surface area contributed by atoms with Crippen molar-refractivity contribution in [2.75, 3.05) is 6.54 Å². The van der Waals surface area contributed by atoms with Crippen LogP contribution in [-0.2, 0) is 6.54 Å². The zero-order valence-electron chi connectivity index (χ0n) is 9.97. The van der Waals surface area contributed by atoms with Crippen LogP contribution >= 0.6 is 24.0 Å². The van der Waals surface area contributed by atoms with Crippen molar-refractivity contribution < 1.29 is 0 Å². The second-order valence-electron chi connectivity index (χ2n) is 4.44. The van der Waals surface area contributed by atoms with Crippen molar-refractivity contribution in [1.82, 2.24) is 14.9 Å². The second-order valence-corrected chi connectivity index (χ2v) is 4.44. The maximum Gasteiger partial charge on any atom is 0.189 e. The Labute approximate surface area is 114 Å². The molecule has 0 fully saturated rings. The fourth-order valence-corrected chi connectivity index (χ4v) is 1.13. The number of nitrogens with one attached hydrogen (secondary N) is 1. The van der Waals surface area contributed by atoms with E-state index < -0.39 is 0 Å². The third-order valence-corrected chi connectivity index (χ3v) is 1.70. The molecule has 0 unspecified atom stereocenters. The third kappa shape index (κ3) is 6.65. The lowest BCUT2D eigenvalue weighted by Gasteiger charge is -2.20. The topological polar surface area (TPSA) is 68.2 Å². The van der Waals surface area contributed by atoms with Gasteiger partial charge in [-0.1, -0.05) is 0 Å². The first-order chi connectivity index (χ1) is 6.97. The van der Waals surface area contributed by atoms with Gasteiger partial charge in [0.2, 0.25) is 0 Å². The summed E-state index contributed by atoms with van der Waals surface area (Å²) in [5, 5.41) is 3.10. The van der Waals surface area contributed by atoms with Crippen molar-refractivity contribution in [2.45, 2.75) is 32.9 Å². The molecule has 0 aliphatic heterocycles. The standard InChI is InChI=1S/C10H19N5.HI/c1-10(2,3)14-9(11)13-5-7-15-6-4-12-8-15;/h4,6,8H,5,7H2,1-3H3,(H3,11,13,14);1H. The van der Waals surface area contributed by atoms with Gasteiger partial charge < -0.3 is 15.6 Å². The van der Waals surface area contributed by atoms with Crippen molar-refractivity contribution in [3.63, 3.8) is 0 Å². The average Bonchev–Trinajstić information content (AvgIpc) is 2.53. The summed E-state index contributed by atoms with van der Waals surface area (Å²) in [5.74, 6) is 0.489. The van der Waals surface area contributed by atoms with Gasteiger partial charge in [0, 0.05) is 24.5 Å². The molecule has 0 spiro atoms. The van der Waals surface area contributed by atoms with E-state index in [2.05, 4.69) is 15.3 Å². The molecule has 0 aromatic carbocycles. The van der Waals surface area contributed by atoms with Gasteiger partial charge in [-0.25, -0.2) is 4.98 Å². The summed E-state index contributed by atoms with van der Waals surface area (Å²) in [6.07, 6.45) is 5.42. The number of aromatic nitrogens is 2. The van der Waals surface area contributed by atoms with E-state index >= 15 is 0 Å². The Morgan fingerprint density at radius 2 is 2.19 bits per heavy atom. The average molecular weight is 337 g/mol. The van der Waals surface area contributed by atoms with Crippen LogP contribution in [0.4, 0.5) is 0 Å². The van der Waals surface area contributed by atoms with Gasteiger partial charge in [-0.2, -0.15) is 0 Å². The molecule has 92 valence electrons. The van der Waals surface area contributed by atoms with Crippen molar-refractivity contribution in [3.05, 3.63) is 18.7 Å². The fraction of sp³-hybridized carbons (Fsp3) is 0.600. The number of hydrogen-bond donors (Lipinski definition) is 2. The number of hydrogen-bond acceptors (Lipinski definition) is 2. The Hall–Kier alpha value is -0.790. The van der Waals surface area contributed by atoms with Crippen molar-refractivity contribution in [1.29, 1.82) is 0 Å². The van der Waals surface area contributed by atoms with Crippen LogP contribution in [0.15, 0.2) is 23.7 Å². The van der Waals surface area contributed by atoms with Gasteiger partial charge in [0.05, 0.1) is 12.9 Å². The molecule has 0 radical (unpaired) electrons. The van der Waals surface area contributed by atoms with Crippen LogP contribution in [0, 0.1) is 0 Å². The van der Waals surface area contributed by atoms with Gasteiger partial charge in [0.25, 0.3) is 0 Å². The van der Waals surface area contributed by atoms with Crippen LogP contribution in [0.1, 0.15) is 20.8 Å². The summed E-state index contributed by atoms with van der Waals surface area (Å²) in [4.78, 5) is 8.17. The lowest BCUT2D eigenvalue weighted by atomic mass is 10.1. The lowest BCUT2D eigenvalue weighted by Crippen LogP contribution is -2.45. The smallest absolute Gasteiger partial charge is 0.189 e. The zero-order valence-corrected chi connectivity index (χ0v) is 12.3. The highest BCUT2D eigenvalue weighted by atomic mass is 127. The van der Waals surface area contributed by atoms with E-state index in [1.165, 1.54) is 0 Å². The van der Waals surface area contributed by atoms with E-state index in [0.29, 0.717) is 12.5 Å². The van der Waals surface area contributed by atoms with Crippen LogP contribution in [0.25, 0.3) is 0 Å². The van der Waals surface area contributed by atoms with E-state index in [9.17, 15) is 0 Å². The highest BCUT2D eigenvalue weighted by molar-refractivity contribution is 14.0. The summed E-state index contributed by atoms with van der Waals surface area (Å²) in [7, 11) is 0. The molecule has 5 nitrogen and oxygen atoms in total. The number of imidazole rings is 1. The first-order valence-electron chi connectivity index (χ1n) is 5.01. The first kappa shape index (κ1) is 15.2. The zero-order chi connectivity index (χ0) is 11.3. The molecule has 0 amide bonds. The monoisotopic (exact) mass is 337 g/mol. The Morgan fingerprint density at radius 3 is 2.69 bits per heavy atom. The predicted molar refractivity (Wildman–Crippen MR) is 77.0 cm³/mol. The third-order valence-electron chi connectivity index (χ3n) is 1.70. The number of nitrogens with two attached hydrogens (primary N) is 1. The van der Waals surface area contributed by atoms with E-state index in [1.54, 1.807) is 12.5 Å². The Kier molecular flexibility index (Phi) is 6.39. The van der Waals surface area contributed by atoms with Crippen molar-refractivity contribution in [3.8, 4) is 0 Å². The van der Waals surface area contributed by atoms with Crippen LogP contribution in [-0.4, -0.2) is 27.6 Å². The van der Waals surface area contributed by atoms with Crippen molar-refractivity contribution >= 4 is 29.9 Å². The normalized spacial score (nSPS) is 12.1. The molecule has 0 saturated heterocycles. The van der Waals surface area contributed by atoms with E-state index in [4.69, 9.17) is 5.73 Å². The molecular formula is C10H20IN5. The van der Waals surface area contributed by atoms with Gasteiger partial charge >= 0.3 is 0 Å². The Bertz CT molecular complexity index is 312. The van der Waals surface area contributed by atoms with Gasteiger partial charge in [-0.3, -0.25) is 4.99 Å². The molecule has 0 aliphatic rings. The van der Waals surface area contributed by atoms with Gasteiger partial charge in [0.1, 0.15) is 0 Å². The number of halogens is 1. The minimum absolute atomic E-state index is 0. The van der Waals surface area contributed by atoms with Crippen LogP contribution in [0.3, 0.4) is 0 Å². The molecule has 0 atom stereocenters. The van der Waals surface area contributed by atoms with Crippen LogP contribution in [0.5, 0.6) is 0 Å². The fourth-order valence-electron chi connectivity index (χ4n) is 1.13. The molecule has 1 rings (SSSR count). The van der Waals surface area contributed by atoms with Gasteiger partial charge in [-0.05, 0) is 20.8 Å². The highest BCUT2D eigenvalue weighted by Crippen LogP contribution is 1.96. The van der Waals surface area contributed by atoms with Crippen molar-refractivity contribution in [2.24, 2.45) is 10.7 Å². The molecular weight excluding hydrogens is 317 g/mol. The second kappa shape index (κ2) is 6.72. The molecule has 6 heteroatoms.